The van der Waals surface area contributed by atoms with E-state index in [1.807, 2.05) is 6.07 Å². The molecule has 3 rings (SSSR count). The first-order chi connectivity index (χ1) is 12.7. The Morgan fingerprint density at radius 3 is 2.81 bits per heavy atom. The number of amides is 1. The van der Waals surface area contributed by atoms with Crippen molar-refractivity contribution >= 4 is 27.9 Å². The molecule has 26 heavy (non-hydrogen) atoms. The number of aryl methyl sites for hydroxylation is 1. The molecule has 0 radical (unpaired) electrons. The van der Waals surface area contributed by atoms with Crippen LogP contribution in [0.15, 0.2) is 36.4 Å². The average molecular weight is 372 g/mol. The van der Waals surface area contributed by atoms with Crippen LogP contribution in [-0.4, -0.2) is 43.5 Å². The summed E-state index contributed by atoms with van der Waals surface area (Å²) in [6, 6.07) is 12.6. The zero-order valence-electron chi connectivity index (χ0n) is 15.8. The number of hydrogen-bond acceptors (Lipinski definition) is 4. The Labute approximate surface area is 160 Å². The number of nitrogens with zero attached hydrogens (tertiary/aromatic N) is 2. The maximum absolute atomic E-state index is 12.4. The zero-order valence-corrected chi connectivity index (χ0v) is 16.6. The molecule has 0 bridgehead atoms. The maximum Gasteiger partial charge on any atom is 0.261 e. The summed E-state index contributed by atoms with van der Waals surface area (Å²) in [6.45, 7) is 9.26. The van der Waals surface area contributed by atoms with Gasteiger partial charge >= 0.3 is 0 Å². The van der Waals surface area contributed by atoms with Crippen LogP contribution in [0.25, 0.3) is 0 Å². The molecule has 0 unspecified atom stereocenters. The van der Waals surface area contributed by atoms with Gasteiger partial charge < -0.3 is 15.1 Å². The summed E-state index contributed by atoms with van der Waals surface area (Å²) in [7, 11) is 0. The summed E-state index contributed by atoms with van der Waals surface area (Å²) in [5.41, 5.74) is 2.68. The number of hydrogen-bond donors (Lipinski definition) is 1. The summed E-state index contributed by atoms with van der Waals surface area (Å²) in [5, 5.41) is 4.22. The van der Waals surface area contributed by atoms with E-state index in [1.165, 1.54) is 11.3 Å². The average Bonchev–Trinajstić information content (AvgIpc) is 3.17. The van der Waals surface area contributed by atoms with Crippen LogP contribution >= 0.6 is 11.3 Å². The lowest BCUT2D eigenvalue weighted by Gasteiger charge is -2.30. The van der Waals surface area contributed by atoms with Crippen molar-refractivity contribution < 1.29 is 4.79 Å². The molecular formula is C21H29N3OS. The van der Waals surface area contributed by atoms with E-state index < -0.39 is 0 Å². The van der Waals surface area contributed by atoms with E-state index >= 15 is 0 Å². The molecule has 1 aliphatic rings. The molecule has 2 heterocycles. The summed E-state index contributed by atoms with van der Waals surface area (Å²) in [5.74, 6) is 0.0473. The van der Waals surface area contributed by atoms with Crippen molar-refractivity contribution in [1.82, 2.24) is 10.2 Å². The van der Waals surface area contributed by atoms with E-state index in [1.54, 1.807) is 11.3 Å². The summed E-state index contributed by atoms with van der Waals surface area (Å²) < 4.78 is 0. The minimum Gasteiger partial charge on any atom is -0.351 e. The van der Waals surface area contributed by atoms with Crippen molar-refractivity contribution in [2.24, 2.45) is 0 Å². The van der Waals surface area contributed by atoms with Crippen molar-refractivity contribution in [1.29, 1.82) is 0 Å². The Bertz CT molecular complexity index is 724. The van der Waals surface area contributed by atoms with Crippen LogP contribution in [0.5, 0.6) is 0 Å². The van der Waals surface area contributed by atoms with Gasteiger partial charge in [0.05, 0.1) is 9.88 Å². The first-order valence-electron chi connectivity index (χ1n) is 9.68. The van der Waals surface area contributed by atoms with E-state index in [0.717, 1.165) is 61.9 Å². The van der Waals surface area contributed by atoms with Gasteiger partial charge in [0.25, 0.3) is 5.91 Å². The fourth-order valence-electron chi connectivity index (χ4n) is 3.49. The van der Waals surface area contributed by atoms with Gasteiger partial charge in [-0.3, -0.25) is 4.79 Å². The van der Waals surface area contributed by atoms with Gasteiger partial charge in [0, 0.05) is 18.8 Å². The Balaban J connectivity index is 1.57. The van der Waals surface area contributed by atoms with Gasteiger partial charge in [0.1, 0.15) is 0 Å². The van der Waals surface area contributed by atoms with Gasteiger partial charge in [-0.1, -0.05) is 32.0 Å². The fourth-order valence-corrected chi connectivity index (χ4v) is 4.45. The molecule has 5 heteroatoms. The van der Waals surface area contributed by atoms with Crippen LogP contribution in [0.4, 0.5) is 10.7 Å². The van der Waals surface area contributed by atoms with E-state index in [9.17, 15) is 4.79 Å². The molecule has 1 aromatic heterocycles. The number of carbonyl (C=O) groups is 1. The largest absolute Gasteiger partial charge is 0.351 e. The molecule has 2 aromatic rings. The Morgan fingerprint density at radius 2 is 2.00 bits per heavy atom. The minimum absolute atomic E-state index is 0.0473. The van der Waals surface area contributed by atoms with Gasteiger partial charge in [0.2, 0.25) is 0 Å². The molecule has 1 aromatic carbocycles. The number of nitrogens with one attached hydrogen (secondary N) is 1. The molecule has 0 saturated carbocycles. The van der Waals surface area contributed by atoms with Crippen molar-refractivity contribution in [2.75, 3.05) is 37.6 Å². The Kier molecular flexibility index (Phi) is 6.69. The highest BCUT2D eigenvalue weighted by atomic mass is 32.1. The second-order valence-corrected chi connectivity index (χ2v) is 7.72. The second kappa shape index (κ2) is 9.19. The number of carbonyl (C=O) groups excluding carboxylic acids is 1. The molecule has 0 fully saturated rings. The lowest BCUT2D eigenvalue weighted by Crippen LogP contribution is -2.29. The normalized spacial score (nSPS) is 13.7. The van der Waals surface area contributed by atoms with Crippen LogP contribution in [0.1, 0.15) is 41.9 Å². The molecule has 1 N–H and O–H groups in total. The number of rotatable bonds is 8. The van der Waals surface area contributed by atoms with Gasteiger partial charge in [-0.05, 0) is 62.7 Å². The molecule has 1 amide bonds. The van der Waals surface area contributed by atoms with Crippen LogP contribution in [0, 0.1) is 0 Å². The smallest absolute Gasteiger partial charge is 0.261 e. The molecule has 0 spiro atoms. The van der Waals surface area contributed by atoms with Gasteiger partial charge in [-0.15, -0.1) is 11.3 Å². The molecule has 1 aliphatic heterocycles. The molecule has 4 nitrogen and oxygen atoms in total. The Hall–Kier alpha value is -1.85. The predicted molar refractivity (Wildman–Crippen MR) is 111 cm³/mol. The molecular weight excluding hydrogens is 342 g/mol. The maximum atomic E-state index is 12.4. The third-order valence-electron chi connectivity index (χ3n) is 5.02. The van der Waals surface area contributed by atoms with Crippen molar-refractivity contribution in [3.63, 3.8) is 0 Å². The standard InChI is InChI=1S/C21H29N3OS/c1-3-23(4-2)15-8-14-22-21(25)19-12-13-20(26-19)24-16-7-10-17-9-5-6-11-18(17)24/h5-6,9,11-13H,3-4,7-8,10,14-16H2,1-2H3,(H,22,25). The molecule has 0 saturated heterocycles. The van der Waals surface area contributed by atoms with E-state index in [0.29, 0.717) is 0 Å². The van der Waals surface area contributed by atoms with Gasteiger partial charge in [0.15, 0.2) is 0 Å². The van der Waals surface area contributed by atoms with E-state index in [2.05, 4.69) is 59.3 Å². The summed E-state index contributed by atoms with van der Waals surface area (Å²) >= 11 is 1.59. The molecule has 0 atom stereocenters. The Morgan fingerprint density at radius 1 is 1.19 bits per heavy atom. The monoisotopic (exact) mass is 371 g/mol. The highest BCUT2D eigenvalue weighted by Crippen LogP contribution is 2.37. The highest BCUT2D eigenvalue weighted by molar-refractivity contribution is 7.18. The van der Waals surface area contributed by atoms with E-state index in [-0.39, 0.29) is 5.91 Å². The summed E-state index contributed by atoms with van der Waals surface area (Å²) in [6.07, 6.45) is 3.28. The SMILES string of the molecule is CCN(CC)CCCNC(=O)c1ccc(N2CCCc3ccccc32)s1. The van der Waals surface area contributed by atoms with Crippen molar-refractivity contribution in [2.45, 2.75) is 33.1 Å². The number of para-hydroxylation sites is 1. The lowest BCUT2D eigenvalue weighted by molar-refractivity contribution is 0.0956. The number of thiophene rings is 1. The van der Waals surface area contributed by atoms with Crippen molar-refractivity contribution in [3.8, 4) is 0 Å². The quantitative estimate of drug-likeness (QED) is 0.703. The summed E-state index contributed by atoms with van der Waals surface area (Å²) in [4.78, 5) is 18.0. The number of anilines is 2. The molecule has 140 valence electrons. The third-order valence-corrected chi connectivity index (χ3v) is 6.13. The van der Waals surface area contributed by atoms with Gasteiger partial charge in [-0.25, -0.2) is 0 Å². The van der Waals surface area contributed by atoms with Gasteiger partial charge in [-0.2, -0.15) is 0 Å². The lowest BCUT2D eigenvalue weighted by atomic mass is 10.0. The number of fused-ring (bicyclic) bond motifs is 1. The van der Waals surface area contributed by atoms with Crippen molar-refractivity contribution in [3.05, 3.63) is 46.8 Å². The predicted octanol–water partition coefficient (Wildman–Crippen LogP) is 4.29. The number of benzene rings is 1. The first kappa shape index (κ1) is 18.9. The molecule has 0 aliphatic carbocycles. The second-order valence-electron chi connectivity index (χ2n) is 6.66. The fraction of sp³-hybridized carbons (Fsp3) is 0.476. The minimum atomic E-state index is 0.0473. The third kappa shape index (κ3) is 4.46. The first-order valence-corrected chi connectivity index (χ1v) is 10.5. The van der Waals surface area contributed by atoms with Crippen LogP contribution < -0.4 is 10.2 Å². The van der Waals surface area contributed by atoms with Crippen LogP contribution in [0.2, 0.25) is 0 Å². The van der Waals surface area contributed by atoms with Crippen LogP contribution in [-0.2, 0) is 6.42 Å². The zero-order chi connectivity index (χ0) is 18.4. The topological polar surface area (TPSA) is 35.6 Å². The van der Waals surface area contributed by atoms with Crippen LogP contribution in [0.3, 0.4) is 0 Å². The van der Waals surface area contributed by atoms with E-state index in [4.69, 9.17) is 0 Å². The highest BCUT2D eigenvalue weighted by Gasteiger charge is 2.20.